The van der Waals surface area contributed by atoms with Gasteiger partial charge in [-0.2, -0.15) is 0 Å². The van der Waals surface area contributed by atoms with Gasteiger partial charge in [0.15, 0.2) is 11.5 Å². The van der Waals surface area contributed by atoms with Gasteiger partial charge in [0.25, 0.3) is 6.43 Å². The molecule has 1 saturated carbocycles. The maximum Gasteiger partial charge on any atom is 0.315 e. The number of fused-ring (bicyclic) bond motifs is 1. The van der Waals surface area contributed by atoms with Crippen molar-refractivity contribution in [3.63, 3.8) is 0 Å². The molecule has 1 heterocycles. The summed E-state index contributed by atoms with van der Waals surface area (Å²) in [4.78, 5) is 12.5. The van der Waals surface area contributed by atoms with Gasteiger partial charge in [-0.25, -0.2) is 13.6 Å². The zero-order valence-corrected chi connectivity index (χ0v) is 16.4. The molecule has 30 heavy (non-hydrogen) atoms. The molecule has 2 aromatic rings. The molecule has 8 heteroatoms. The molecule has 1 aliphatic heterocycles. The smallest absolute Gasteiger partial charge is 0.315 e. The number of halogens is 2. The van der Waals surface area contributed by atoms with Crippen LogP contribution in [-0.4, -0.2) is 32.3 Å². The summed E-state index contributed by atoms with van der Waals surface area (Å²) in [5.74, 6) is 2.16. The fraction of sp³-hybridized carbons (Fsp3) is 0.409. The predicted molar refractivity (Wildman–Crippen MR) is 106 cm³/mol. The number of ether oxygens (including phenoxy) is 3. The van der Waals surface area contributed by atoms with Gasteiger partial charge in [0, 0.05) is 6.54 Å². The molecule has 4 rings (SSSR count). The zero-order valence-electron chi connectivity index (χ0n) is 16.4. The lowest BCUT2D eigenvalue weighted by atomic mass is 10.0. The van der Waals surface area contributed by atoms with Crippen molar-refractivity contribution < 1.29 is 27.8 Å². The SMILES string of the molecule is O=C(NCc1cccc(OCC(F)F)c1)NC(c1ccc2c(c1)OCCO2)C1CC1. The summed E-state index contributed by atoms with van der Waals surface area (Å²) in [6.07, 6.45) is -0.413. The van der Waals surface area contributed by atoms with Crippen molar-refractivity contribution in [1.82, 2.24) is 10.6 Å². The highest BCUT2D eigenvalue weighted by atomic mass is 19.3. The van der Waals surface area contributed by atoms with Gasteiger partial charge in [0.2, 0.25) is 0 Å². The monoisotopic (exact) mass is 418 g/mol. The molecule has 2 N–H and O–H groups in total. The summed E-state index contributed by atoms with van der Waals surface area (Å²) in [6, 6.07) is 12.1. The van der Waals surface area contributed by atoms with Crippen LogP contribution in [-0.2, 0) is 6.54 Å². The van der Waals surface area contributed by atoms with Crippen LogP contribution in [0.15, 0.2) is 42.5 Å². The van der Waals surface area contributed by atoms with Crippen LogP contribution in [0, 0.1) is 5.92 Å². The van der Waals surface area contributed by atoms with Gasteiger partial charge < -0.3 is 24.8 Å². The maximum atomic E-state index is 12.5. The first-order valence-corrected chi connectivity index (χ1v) is 10.0. The minimum Gasteiger partial charge on any atom is -0.488 e. The van der Waals surface area contributed by atoms with E-state index in [0.29, 0.717) is 30.6 Å². The topological polar surface area (TPSA) is 68.8 Å². The number of urea groups is 1. The van der Waals surface area contributed by atoms with Gasteiger partial charge in [0.05, 0.1) is 6.04 Å². The van der Waals surface area contributed by atoms with Gasteiger partial charge >= 0.3 is 6.03 Å². The Kier molecular flexibility index (Phi) is 6.21. The molecular weight excluding hydrogens is 394 g/mol. The second-order valence-corrected chi connectivity index (χ2v) is 7.39. The molecule has 1 aliphatic carbocycles. The number of carbonyl (C=O) groups is 1. The van der Waals surface area contributed by atoms with E-state index in [1.807, 2.05) is 18.2 Å². The van der Waals surface area contributed by atoms with Crippen molar-refractivity contribution in [2.75, 3.05) is 19.8 Å². The first kappa shape index (κ1) is 20.3. The molecule has 1 atom stereocenters. The lowest BCUT2D eigenvalue weighted by Gasteiger charge is -2.23. The van der Waals surface area contributed by atoms with Crippen molar-refractivity contribution in [2.24, 2.45) is 5.92 Å². The standard InChI is InChI=1S/C22H24F2N2O4/c23-20(24)13-30-17-3-1-2-14(10-17)12-25-22(27)26-21(15-4-5-15)16-6-7-18-19(11-16)29-9-8-28-18/h1-3,6-7,10-11,15,20-21H,4-5,8-9,12-13H2,(H2,25,26,27). The van der Waals surface area contributed by atoms with Gasteiger partial charge in [-0.15, -0.1) is 0 Å². The molecule has 0 bridgehead atoms. The lowest BCUT2D eigenvalue weighted by Crippen LogP contribution is -2.38. The number of hydrogen-bond acceptors (Lipinski definition) is 4. The molecule has 0 aromatic heterocycles. The van der Waals surface area contributed by atoms with E-state index in [1.165, 1.54) is 0 Å². The van der Waals surface area contributed by atoms with Crippen LogP contribution in [0.5, 0.6) is 17.2 Å². The average molecular weight is 418 g/mol. The molecule has 0 radical (unpaired) electrons. The van der Waals surface area contributed by atoms with Gasteiger partial charge in [-0.05, 0) is 54.2 Å². The number of carbonyl (C=O) groups excluding carboxylic acids is 1. The molecule has 2 amide bonds. The van der Waals surface area contributed by atoms with Crippen LogP contribution in [0.1, 0.15) is 30.0 Å². The Labute approximate surface area is 173 Å². The van der Waals surface area contributed by atoms with Crippen LogP contribution >= 0.6 is 0 Å². The Bertz CT molecular complexity index is 889. The highest BCUT2D eigenvalue weighted by Gasteiger charge is 2.34. The normalized spacial score (nSPS) is 16.1. The van der Waals surface area contributed by atoms with E-state index in [1.54, 1.807) is 24.3 Å². The maximum absolute atomic E-state index is 12.5. The Balaban J connectivity index is 1.35. The van der Waals surface area contributed by atoms with E-state index in [-0.39, 0.29) is 18.6 Å². The van der Waals surface area contributed by atoms with Gasteiger partial charge in [-0.1, -0.05) is 18.2 Å². The van der Waals surface area contributed by atoms with Crippen LogP contribution in [0.2, 0.25) is 0 Å². The molecule has 160 valence electrons. The largest absolute Gasteiger partial charge is 0.488 e. The van der Waals surface area contributed by atoms with E-state index < -0.39 is 13.0 Å². The minimum absolute atomic E-state index is 0.110. The van der Waals surface area contributed by atoms with Crippen LogP contribution in [0.4, 0.5) is 13.6 Å². The predicted octanol–water partition coefficient (Wildman–Crippen LogP) is 4.05. The van der Waals surface area contributed by atoms with Crippen molar-refractivity contribution in [2.45, 2.75) is 31.9 Å². The quantitative estimate of drug-likeness (QED) is 0.679. The lowest BCUT2D eigenvalue weighted by molar-refractivity contribution is 0.0818. The number of nitrogens with one attached hydrogen (secondary N) is 2. The van der Waals surface area contributed by atoms with E-state index >= 15 is 0 Å². The van der Waals surface area contributed by atoms with E-state index in [4.69, 9.17) is 14.2 Å². The van der Waals surface area contributed by atoms with Crippen LogP contribution in [0.3, 0.4) is 0 Å². The first-order chi connectivity index (χ1) is 14.6. The fourth-order valence-electron chi connectivity index (χ4n) is 3.44. The molecule has 6 nitrogen and oxygen atoms in total. The Morgan fingerprint density at radius 1 is 1.10 bits per heavy atom. The molecule has 1 unspecified atom stereocenters. The summed E-state index contributed by atoms with van der Waals surface area (Å²) in [5, 5.41) is 5.88. The van der Waals surface area contributed by atoms with Crippen molar-refractivity contribution in [3.8, 4) is 17.2 Å². The summed E-state index contributed by atoms with van der Waals surface area (Å²) in [6.45, 7) is 0.651. The number of hydrogen-bond donors (Lipinski definition) is 2. The van der Waals surface area contributed by atoms with Gasteiger partial charge in [0.1, 0.15) is 25.6 Å². The Morgan fingerprint density at radius 2 is 1.90 bits per heavy atom. The fourth-order valence-corrected chi connectivity index (χ4v) is 3.44. The van der Waals surface area contributed by atoms with Crippen molar-refractivity contribution in [1.29, 1.82) is 0 Å². The third-order valence-electron chi connectivity index (χ3n) is 5.03. The van der Waals surface area contributed by atoms with E-state index in [9.17, 15) is 13.6 Å². The van der Waals surface area contributed by atoms with Crippen molar-refractivity contribution >= 4 is 6.03 Å². The van der Waals surface area contributed by atoms with Crippen LogP contribution < -0.4 is 24.8 Å². The third kappa shape index (κ3) is 5.31. The van der Waals surface area contributed by atoms with Crippen molar-refractivity contribution in [3.05, 3.63) is 53.6 Å². The minimum atomic E-state index is -2.53. The molecule has 0 saturated heterocycles. The van der Waals surface area contributed by atoms with E-state index in [0.717, 1.165) is 29.7 Å². The number of alkyl halides is 2. The molecular formula is C22H24F2N2O4. The highest BCUT2D eigenvalue weighted by molar-refractivity contribution is 5.74. The zero-order chi connectivity index (χ0) is 20.9. The van der Waals surface area contributed by atoms with Crippen LogP contribution in [0.25, 0.3) is 0 Å². The second-order valence-electron chi connectivity index (χ2n) is 7.39. The summed E-state index contributed by atoms with van der Waals surface area (Å²) in [5.41, 5.74) is 1.75. The Hall–Kier alpha value is -3.03. The molecule has 2 aliphatic rings. The first-order valence-electron chi connectivity index (χ1n) is 10.0. The summed E-state index contributed by atoms with van der Waals surface area (Å²) < 4.78 is 40.8. The highest BCUT2D eigenvalue weighted by Crippen LogP contribution is 2.43. The van der Waals surface area contributed by atoms with Gasteiger partial charge in [-0.3, -0.25) is 0 Å². The third-order valence-corrected chi connectivity index (χ3v) is 5.03. The summed E-state index contributed by atoms with van der Waals surface area (Å²) >= 11 is 0. The number of rotatable bonds is 8. The Morgan fingerprint density at radius 3 is 2.67 bits per heavy atom. The molecule has 0 spiro atoms. The number of amides is 2. The average Bonchev–Trinajstić information content (AvgIpc) is 3.60. The number of benzene rings is 2. The summed E-state index contributed by atoms with van der Waals surface area (Å²) in [7, 11) is 0. The second kappa shape index (κ2) is 9.19. The molecule has 1 fully saturated rings. The van der Waals surface area contributed by atoms with E-state index in [2.05, 4.69) is 10.6 Å². The molecule has 2 aromatic carbocycles.